The van der Waals surface area contributed by atoms with Gasteiger partial charge in [0.1, 0.15) is 5.88 Å². The molecule has 0 radical (unpaired) electrons. The topological polar surface area (TPSA) is 29.1 Å². The molecular formula is C8H5Cl4NO. The predicted octanol–water partition coefficient (Wildman–Crippen LogP) is 3.82. The van der Waals surface area contributed by atoms with Crippen LogP contribution in [0.2, 0.25) is 15.1 Å². The van der Waals surface area contributed by atoms with Crippen LogP contribution in [0.4, 0.5) is 5.69 Å². The van der Waals surface area contributed by atoms with Gasteiger partial charge < -0.3 is 5.32 Å². The number of amides is 1. The molecule has 0 bridgehead atoms. The number of halogens is 4. The van der Waals surface area contributed by atoms with Crippen molar-refractivity contribution in [3.8, 4) is 0 Å². The molecule has 0 saturated carbocycles. The Morgan fingerprint density at radius 3 is 2.14 bits per heavy atom. The van der Waals surface area contributed by atoms with Crippen molar-refractivity contribution in [3.63, 3.8) is 0 Å². The SMILES string of the molecule is O=C(CCl)Nc1cc(Cl)c(Cl)c(Cl)c1. The van der Waals surface area contributed by atoms with Gasteiger partial charge in [0.05, 0.1) is 15.1 Å². The summed E-state index contributed by atoms with van der Waals surface area (Å²) >= 11 is 22.5. The Kier molecular flexibility index (Phi) is 4.32. The van der Waals surface area contributed by atoms with Gasteiger partial charge in [0.15, 0.2) is 0 Å². The second-order valence-corrected chi connectivity index (χ2v) is 3.90. The van der Waals surface area contributed by atoms with Crippen LogP contribution in [0.1, 0.15) is 0 Å². The first-order valence-corrected chi connectivity index (χ1v) is 5.22. The summed E-state index contributed by atoms with van der Waals surface area (Å²) in [5.41, 5.74) is 0.468. The van der Waals surface area contributed by atoms with E-state index in [0.717, 1.165) is 0 Å². The first-order chi connectivity index (χ1) is 6.54. The van der Waals surface area contributed by atoms with Gasteiger partial charge in [-0.05, 0) is 12.1 Å². The van der Waals surface area contributed by atoms with E-state index in [2.05, 4.69) is 5.32 Å². The van der Waals surface area contributed by atoms with E-state index in [4.69, 9.17) is 46.4 Å². The summed E-state index contributed by atoms with van der Waals surface area (Å²) in [4.78, 5) is 10.9. The minimum absolute atomic E-state index is 0.127. The Morgan fingerprint density at radius 1 is 1.21 bits per heavy atom. The van der Waals surface area contributed by atoms with Crippen LogP contribution >= 0.6 is 46.4 Å². The van der Waals surface area contributed by atoms with E-state index in [-0.39, 0.29) is 26.9 Å². The van der Waals surface area contributed by atoms with E-state index < -0.39 is 0 Å². The van der Waals surface area contributed by atoms with E-state index in [1.54, 1.807) is 0 Å². The Morgan fingerprint density at radius 2 is 1.71 bits per heavy atom. The van der Waals surface area contributed by atoms with Gasteiger partial charge in [-0.25, -0.2) is 0 Å². The fourth-order valence-corrected chi connectivity index (χ4v) is 1.49. The highest BCUT2D eigenvalue weighted by Crippen LogP contribution is 2.33. The molecule has 0 saturated heterocycles. The maximum Gasteiger partial charge on any atom is 0.239 e. The molecule has 6 heteroatoms. The van der Waals surface area contributed by atoms with Crippen molar-refractivity contribution in [1.29, 1.82) is 0 Å². The van der Waals surface area contributed by atoms with Gasteiger partial charge in [0, 0.05) is 5.69 Å². The van der Waals surface area contributed by atoms with Gasteiger partial charge in [-0.15, -0.1) is 11.6 Å². The summed E-state index contributed by atoms with van der Waals surface area (Å²) in [5, 5.41) is 3.33. The van der Waals surface area contributed by atoms with Crippen LogP contribution in [0.25, 0.3) is 0 Å². The van der Waals surface area contributed by atoms with Gasteiger partial charge in [-0.2, -0.15) is 0 Å². The van der Waals surface area contributed by atoms with Gasteiger partial charge >= 0.3 is 0 Å². The number of benzene rings is 1. The van der Waals surface area contributed by atoms with Crippen molar-refractivity contribution in [2.24, 2.45) is 0 Å². The van der Waals surface area contributed by atoms with Crippen molar-refractivity contribution in [2.45, 2.75) is 0 Å². The van der Waals surface area contributed by atoms with Gasteiger partial charge in [0.2, 0.25) is 5.91 Å². The number of nitrogens with one attached hydrogen (secondary N) is 1. The molecule has 0 unspecified atom stereocenters. The van der Waals surface area contributed by atoms with Crippen molar-refractivity contribution in [2.75, 3.05) is 11.2 Å². The molecule has 0 heterocycles. The van der Waals surface area contributed by atoms with Crippen LogP contribution in [-0.4, -0.2) is 11.8 Å². The van der Waals surface area contributed by atoms with E-state index in [1.807, 2.05) is 0 Å². The number of anilines is 1. The lowest BCUT2D eigenvalue weighted by atomic mass is 10.3. The second-order valence-electron chi connectivity index (χ2n) is 2.44. The second kappa shape index (κ2) is 5.08. The maximum absolute atomic E-state index is 10.9. The molecule has 1 amide bonds. The van der Waals surface area contributed by atoms with Crippen molar-refractivity contribution >= 4 is 58.0 Å². The Hall–Kier alpha value is -0.150. The van der Waals surface area contributed by atoms with Crippen molar-refractivity contribution < 1.29 is 4.79 Å². The zero-order chi connectivity index (χ0) is 10.7. The largest absolute Gasteiger partial charge is 0.325 e. The van der Waals surface area contributed by atoms with E-state index in [9.17, 15) is 4.79 Å². The number of alkyl halides is 1. The summed E-state index contributed by atoms with van der Waals surface area (Å²) < 4.78 is 0. The molecule has 0 aliphatic rings. The monoisotopic (exact) mass is 271 g/mol. The number of carbonyl (C=O) groups excluding carboxylic acids is 1. The zero-order valence-electron chi connectivity index (χ0n) is 6.78. The highest BCUT2D eigenvalue weighted by Gasteiger charge is 2.07. The fraction of sp³-hybridized carbons (Fsp3) is 0.125. The molecule has 1 aromatic rings. The highest BCUT2D eigenvalue weighted by molar-refractivity contribution is 6.48. The minimum Gasteiger partial charge on any atom is -0.325 e. The van der Waals surface area contributed by atoms with E-state index >= 15 is 0 Å². The predicted molar refractivity (Wildman–Crippen MR) is 60.8 cm³/mol. The third-order valence-electron chi connectivity index (χ3n) is 1.39. The number of hydrogen-bond donors (Lipinski definition) is 1. The Balaban J connectivity index is 2.95. The standard InChI is InChI=1S/C8H5Cl4NO/c9-3-7(14)13-4-1-5(10)8(12)6(11)2-4/h1-2H,3H2,(H,13,14). The molecular weight excluding hydrogens is 268 g/mol. The van der Waals surface area contributed by atoms with Gasteiger partial charge in [-0.1, -0.05) is 34.8 Å². The number of hydrogen-bond acceptors (Lipinski definition) is 1. The molecule has 0 atom stereocenters. The number of carbonyl (C=O) groups is 1. The molecule has 14 heavy (non-hydrogen) atoms. The molecule has 2 nitrogen and oxygen atoms in total. The van der Waals surface area contributed by atoms with E-state index in [0.29, 0.717) is 5.69 Å². The average molecular weight is 273 g/mol. The van der Waals surface area contributed by atoms with Gasteiger partial charge in [-0.3, -0.25) is 4.79 Å². The Bertz CT molecular complexity index is 343. The van der Waals surface area contributed by atoms with Crippen LogP contribution in [-0.2, 0) is 4.79 Å². The van der Waals surface area contributed by atoms with Crippen LogP contribution in [0.15, 0.2) is 12.1 Å². The lowest BCUT2D eigenvalue weighted by molar-refractivity contribution is -0.113. The minimum atomic E-state index is -0.332. The molecule has 1 N–H and O–H groups in total. The first kappa shape index (κ1) is 11.9. The summed E-state index contributed by atoms with van der Waals surface area (Å²) in [7, 11) is 0. The van der Waals surface area contributed by atoms with Crippen molar-refractivity contribution in [1.82, 2.24) is 0 Å². The summed E-state index contributed by atoms with van der Waals surface area (Å²) in [5.74, 6) is -0.459. The first-order valence-electron chi connectivity index (χ1n) is 3.55. The molecule has 1 rings (SSSR count). The maximum atomic E-state index is 10.9. The van der Waals surface area contributed by atoms with Crippen LogP contribution < -0.4 is 5.32 Å². The molecule has 0 aliphatic carbocycles. The summed E-state index contributed by atoms with van der Waals surface area (Å²) in [6.45, 7) is 0. The third kappa shape index (κ3) is 2.92. The highest BCUT2D eigenvalue weighted by atomic mass is 35.5. The fourth-order valence-electron chi connectivity index (χ4n) is 0.822. The molecule has 0 aromatic heterocycles. The van der Waals surface area contributed by atoms with Gasteiger partial charge in [0.25, 0.3) is 0 Å². The van der Waals surface area contributed by atoms with E-state index in [1.165, 1.54) is 12.1 Å². The molecule has 0 spiro atoms. The quantitative estimate of drug-likeness (QED) is 0.644. The van der Waals surface area contributed by atoms with Crippen LogP contribution in [0.3, 0.4) is 0 Å². The van der Waals surface area contributed by atoms with Crippen LogP contribution in [0.5, 0.6) is 0 Å². The average Bonchev–Trinajstić information content (AvgIpc) is 2.14. The lowest BCUT2D eigenvalue weighted by Gasteiger charge is -2.05. The van der Waals surface area contributed by atoms with Crippen molar-refractivity contribution in [3.05, 3.63) is 27.2 Å². The summed E-state index contributed by atoms with van der Waals surface area (Å²) in [6, 6.07) is 3.00. The molecule has 1 aromatic carbocycles. The third-order valence-corrected chi connectivity index (χ3v) is 2.83. The summed E-state index contributed by atoms with van der Waals surface area (Å²) in [6.07, 6.45) is 0. The molecule has 0 aliphatic heterocycles. The number of rotatable bonds is 2. The van der Waals surface area contributed by atoms with Crippen LogP contribution in [0, 0.1) is 0 Å². The molecule has 76 valence electrons. The Labute approximate surface area is 101 Å². The zero-order valence-corrected chi connectivity index (χ0v) is 9.81. The lowest BCUT2D eigenvalue weighted by Crippen LogP contribution is -2.12. The normalized spacial score (nSPS) is 10.0. The molecule has 0 fully saturated rings. The smallest absolute Gasteiger partial charge is 0.239 e.